The summed E-state index contributed by atoms with van der Waals surface area (Å²) < 4.78 is 2.63. The van der Waals surface area contributed by atoms with Crippen LogP contribution in [0.1, 0.15) is 35.9 Å². The van der Waals surface area contributed by atoms with Crippen molar-refractivity contribution in [3.8, 4) is 0 Å². The Bertz CT molecular complexity index is 1540. The van der Waals surface area contributed by atoms with Gasteiger partial charge in [-0.1, -0.05) is 25.6 Å². The van der Waals surface area contributed by atoms with Crippen molar-refractivity contribution in [1.29, 1.82) is 0 Å². The number of hydrogen-bond acceptors (Lipinski definition) is 8. The maximum atomic E-state index is 13.0. The first-order chi connectivity index (χ1) is 15.1. The zero-order valence-corrected chi connectivity index (χ0v) is 20.4. The SMILES string of the molecule is Cc1nc(SCc2nc3sc(C)c(C)c3c(=O)[nH]2)c2c(=O)n(C)c(=O)n(CC(C)C)c2n1. The third-order valence-electron chi connectivity index (χ3n) is 5.24. The van der Waals surface area contributed by atoms with Gasteiger partial charge >= 0.3 is 5.69 Å². The van der Waals surface area contributed by atoms with Crippen LogP contribution >= 0.6 is 23.1 Å². The highest BCUT2D eigenvalue weighted by Crippen LogP contribution is 2.28. The molecule has 1 N–H and O–H groups in total. The van der Waals surface area contributed by atoms with Gasteiger partial charge in [-0.15, -0.1) is 11.3 Å². The van der Waals surface area contributed by atoms with Crippen molar-refractivity contribution >= 4 is 44.3 Å². The van der Waals surface area contributed by atoms with Crippen LogP contribution in [0, 0.1) is 26.7 Å². The van der Waals surface area contributed by atoms with Crippen LogP contribution in [0.15, 0.2) is 19.4 Å². The number of nitrogens with zero attached hydrogens (tertiary/aromatic N) is 5. The Morgan fingerprint density at radius 3 is 2.47 bits per heavy atom. The Morgan fingerprint density at radius 2 is 1.78 bits per heavy atom. The summed E-state index contributed by atoms with van der Waals surface area (Å²) in [7, 11) is 1.46. The molecule has 9 nitrogen and oxygen atoms in total. The van der Waals surface area contributed by atoms with Gasteiger partial charge in [-0.05, 0) is 32.3 Å². The summed E-state index contributed by atoms with van der Waals surface area (Å²) in [6.45, 7) is 10.1. The molecule has 4 aromatic rings. The Labute approximate surface area is 191 Å². The minimum Gasteiger partial charge on any atom is -0.309 e. The Hall–Kier alpha value is -2.79. The summed E-state index contributed by atoms with van der Waals surface area (Å²) in [5, 5.41) is 1.39. The van der Waals surface area contributed by atoms with Gasteiger partial charge in [0.25, 0.3) is 11.1 Å². The first kappa shape index (κ1) is 22.4. The van der Waals surface area contributed by atoms with Gasteiger partial charge in [0.2, 0.25) is 0 Å². The van der Waals surface area contributed by atoms with Crippen molar-refractivity contribution in [2.45, 2.75) is 51.9 Å². The van der Waals surface area contributed by atoms with E-state index in [2.05, 4.69) is 19.9 Å². The molecule has 0 amide bonds. The van der Waals surface area contributed by atoms with Crippen molar-refractivity contribution < 1.29 is 0 Å². The van der Waals surface area contributed by atoms with Crippen LogP contribution in [0.5, 0.6) is 0 Å². The normalized spacial score (nSPS) is 11.8. The summed E-state index contributed by atoms with van der Waals surface area (Å²) in [6, 6.07) is 0. The summed E-state index contributed by atoms with van der Waals surface area (Å²) in [6.07, 6.45) is 0. The number of fused-ring (bicyclic) bond motifs is 2. The number of nitrogens with one attached hydrogen (secondary N) is 1. The lowest BCUT2D eigenvalue weighted by atomic mass is 10.2. The van der Waals surface area contributed by atoms with E-state index in [1.165, 1.54) is 34.7 Å². The molecule has 4 heterocycles. The van der Waals surface area contributed by atoms with Crippen LogP contribution in [0.2, 0.25) is 0 Å². The maximum Gasteiger partial charge on any atom is 0.332 e. The molecule has 0 atom stereocenters. The number of thiophene rings is 1. The number of aromatic nitrogens is 6. The largest absolute Gasteiger partial charge is 0.332 e. The molecular formula is C21H24N6O3S2. The highest BCUT2D eigenvalue weighted by atomic mass is 32.2. The summed E-state index contributed by atoms with van der Waals surface area (Å²) in [4.78, 5) is 56.4. The number of aromatic amines is 1. The monoisotopic (exact) mass is 472 g/mol. The first-order valence-electron chi connectivity index (χ1n) is 10.2. The molecular weight excluding hydrogens is 448 g/mol. The first-order valence-corrected chi connectivity index (χ1v) is 12.0. The maximum absolute atomic E-state index is 13.0. The predicted molar refractivity (Wildman–Crippen MR) is 128 cm³/mol. The lowest BCUT2D eigenvalue weighted by Crippen LogP contribution is -2.39. The van der Waals surface area contributed by atoms with E-state index in [4.69, 9.17) is 0 Å². The fourth-order valence-electron chi connectivity index (χ4n) is 3.58. The quantitative estimate of drug-likeness (QED) is 0.351. The zero-order chi connectivity index (χ0) is 23.3. The average Bonchev–Trinajstić information content (AvgIpc) is 3.01. The third-order valence-corrected chi connectivity index (χ3v) is 7.33. The van der Waals surface area contributed by atoms with Gasteiger partial charge in [-0.25, -0.2) is 19.7 Å². The fourth-order valence-corrected chi connectivity index (χ4v) is 5.56. The molecule has 32 heavy (non-hydrogen) atoms. The van der Waals surface area contributed by atoms with Crippen molar-refractivity contribution in [2.24, 2.45) is 13.0 Å². The van der Waals surface area contributed by atoms with Crippen molar-refractivity contribution in [1.82, 2.24) is 29.1 Å². The second kappa shape index (κ2) is 8.28. The molecule has 0 saturated heterocycles. The van der Waals surface area contributed by atoms with Crippen molar-refractivity contribution in [2.75, 3.05) is 0 Å². The van der Waals surface area contributed by atoms with Crippen LogP contribution < -0.4 is 16.8 Å². The van der Waals surface area contributed by atoms with Gasteiger partial charge in [0, 0.05) is 18.5 Å². The second-order valence-electron chi connectivity index (χ2n) is 8.19. The molecule has 0 radical (unpaired) electrons. The van der Waals surface area contributed by atoms with Crippen molar-refractivity contribution in [3.63, 3.8) is 0 Å². The van der Waals surface area contributed by atoms with E-state index in [1.807, 2.05) is 27.7 Å². The van der Waals surface area contributed by atoms with Crippen LogP contribution in [0.4, 0.5) is 0 Å². The number of rotatable bonds is 5. The molecule has 0 fully saturated rings. The molecule has 0 unspecified atom stereocenters. The van der Waals surface area contributed by atoms with E-state index in [-0.39, 0.29) is 11.5 Å². The van der Waals surface area contributed by atoms with Crippen molar-refractivity contribution in [3.05, 3.63) is 53.3 Å². The summed E-state index contributed by atoms with van der Waals surface area (Å²) in [5.41, 5.74) is 0.280. The smallest absolute Gasteiger partial charge is 0.309 e. The summed E-state index contributed by atoms with van der Waals surface area (Å²) >= 11 is 2.78. The molecule has 4 aromatic heterocycles. The van der Waals surface area contributed by atoms with Crippen LogP contribution in [-0.2, 0) is 19.3 Å². The molecule has 0 aliphatic heterocycles. The van der Waals surface area contributed by atoms with E-state index < -0.39 is 11.2 Å². The second-order valence-corrected chi connectivity index (χ2v) is 10.4. The van der Waals surface area contributed by atoms with E-state index in [1.54, 1.807) is 6.92 Å². The molecule has 0 saturated carbocycles. The number of hydrogen-bond donors (Lipinski definition) is 1. The number of thioether (sulfide) groups is 1. The Balaban J connectivity index is 1.83. The van der Waals surface area contributed by atoms with E-state index >= 15 is 0 Å². The van der Waals surface area contributed by atoms with Crippen LogP contribution in [-0.4, -0.2) is 29.1 Å². The molecule has 4 rings (SSSR count). The average molecular weight is 473 g/mol. The number of H-pyrrole nitrogens is 1. The number of aryl methyl sites for hydroxylation is 3. The Kier molecular flexibility index (Phi) is 5.80. The molecule has 0 bridgehead atoms. The lowest BCUT2D eigenvalue weighted by Gasteiger charge is -2.15. The standard InChI is InChI=1S/C21H24N6O3S2/c1-9(2)7-27-16-15(20(29)26(6)21(27)30)18(23-12(5)22-16)31-8-13-24-17(28)14-10(3)11(4)32-19(14)25-13/h9H,7-8H2,1-6H3,(H,24,25,28). The molecule has 0 aliphatic rings. The van der Waals surface area contributed by atoms with Gasteiger partial charge in [-0.2, -0.15) is 0 Å². The van der Waals surface area contributed by atoms with E-state index in [0.29, 0.717) is 50.2 Å². The minimum atomic E-state index is -0.436. The zero-order valence-electron chi connectivity index (χ0n) is 18.8. The third kappa shape index (κ3) is 3.79. The molecule has 0 spiro atoms. The molecule has 0 aliphatic carbocycles. The van der Waals surface area contributed by atoms with Gasteiger partial charge in [0.05, 0.1) is 11.1 Å². The van der Waals surface area contributed by atoms with Gasteiger partial charge in [0.15, 0.2) is 5.65 Å². The van der Waals surface area contributed by atoms with E-state index in [0.717, 1.165) is 15.0 Å². The topological polar surface area (TPSA) is 116 Å². The minimum absolute atomic E-state index is 0.169. The van der Waals surface area contributed by atoms with E-state index in [9.17, 15) is 14.4 Å². The van der Waals surface area contributed by atoms with Gasteiger partial charge in [0.1, 0.15) is 26.9 Å². The highest BCUT2D eigenvalue weighted by molar-refractivity contribution is 7.98. The van der Waals surface area contributed by atoms with Gasteiger partial charge in [-0.3, -0.25) is 18.7 Å². The fraction of sp³-hybridized carbons (Fsp3) is 0.429. The van der Waals surface area contributed by atoms with Crippen LogP contribution in [0.3, 0.4) is 0 Å². The molecule has 11 heteroatoms. The highest BCUT2D eigenvalue weighted by Gasteiger charge is 2.19. The van der Waals surface area contributed by atoms with Crippen LogP contribution in [0.25, 0.3) is 21.3 Å². The lowest BCUT2D eigenvalue weighted by molar-refractivity contribution is 0.498. The molecule has 0 aromatic carbocycles. The predicted octanol–water partition coefficient (Wildman–Crippen LogP) is 2.66. The van der Waals surface area contributed by atoms with Gasteiger partial charge < -0.3 is 4.98 Å². The Morgan fingerprint density at radius 1 is 1.06 bits per heavy atom. The summed E-state index contributed by atoms with van der Waals surface area (Å²) in [5.74, 6) is 1.48. The molecule has 168 valence electrons.